The molecule has 16 heavy (non-hydrogen) atoms. The summed E-state index contributed by atoms with van der Waals surface area (Å²) in [6.07, 6.45) is 9.90. The Morgan fingerprint density at radius 2 is 2.12 bits per heavy atom. The van der Waals surface area contributed by atoms with Crippen LogP contribution < -0.4 is 0 Å². The molecule has 0 aromatic rings. The summed E-state index contributed by atoms with van der Waals surface area (Å²) in [7, 11) is 0. The molecular formula is C12H16O4. The number of hydrogen-bond donors (Lipinski definition) is 2. The van der Waals surface area contributed by atoms with Crippen molar-refractivity contribution < 1.29 is 19.7 Å². The van der Waals surface area contributed by atoms with E-state index in [0.29, 0.717) is 6.61 Å². The van der Waals surface area contributed by atoms with Crippen molar-refractivity contribution in [3.8, 4) is 0 Å². The Labute approximate surface area is 94.5 Å². The largest absolute Gasteiger partial charge is 0.478 e. The van der Waals surface area contributed by atoms with Crippen LogP contribution in [0.5, 0.6) is 0 Å². The minimum absolute atomic E-state index is 0.110. The van der Waals surface area contributed by atoms with Gasteiger partial charge in [0, 0.05) is 12.0 Å². The molecule has 0 heterocycles. The third-order valence-electron chi connectivity index (χ3n) is 2.11. The lowest BCUT2D eigenvalue weighted by Gasteiger charge is -2.24. The molecule has 0 bridgehead atoms. The second-order valence-corrected chi connectivity index (χ2v) is 3.59. The Kier molecular flexibility index (Phi) is 4.46. The fraction of sp³-hybridized carbons (Fsp3) is 0.417. The molecule has 0 aliphatic heterocycles. The number of aliphatic hydroxyl groups is 1. The predicted molar refractivity (Wildman–Crippen MR) is 59.7 cm³/mol. The molecule has 88 valence electrons. The number of hydrogen-bond acceptors (Lipinski definition) is 3. The predicted octanol–water partition coefficient (Wildman–Crippen LogP) is 1.48. The first kappa shape index (κ1) is 12.7. The van der Waals surface area contributed by atoms with E-state index in [4.69, 9.17) is 9.84 Å². The molecule has 0 fully saturated rings. The van der Waals surface area contributed by atoms with Crippen LogP contribution in [0.25, 0.3) is 0 Å². The van der Waals surface area contributed by atoms with Crippen molar-refractivity contribution in [2.24, 2.45) is 5.92 Å². The van der Waals surface area contributed by atoms with Gasteiger partial charge >= 0.3 is 5.97 Å². The number of ether oxygens (including phenoxy) is 1. The summed E-state index contributed by atoms with van der Waals surface area (Å²) in [5.41, 5.74) is 0. The van der Waals surface area contributed by atoms with Crippen molar-refractivity contribution in [1.29, 1.82) is 0 Å². The van der Waals surface area contributed by atoms with Gasteiger partial charge in [-0.2, -0.15) is 0 Å². The maximum absolute atomic E-state index is 10.3. The van der Waals surface area contributed by atoms with Crippen molar-refractivity contribution in [2.45, 2.75) is 19.1 Å². The first-order chi connectivity index (χ1) is 7.56. The fourth-order valence-corrected chi connectivity index (χ4v) is 1.30. The van der Waals surface area contributed by atoms with Gasteiger partial charge in [0.2, 0.25) is 5.79 Å². The normalized spacial score (nSPS) is 28.8. The number of carboxylic acids is 1. The van der Waals surface area contributed by atoms with Crippen molar-refractivity contribution in [1.82, 2.24) is 0 Å². The summed E-state index contributed by atoms with van der Waals surface area (Å²) in [6.45, 7) is 2.43. The van der Waals surface area contributed by atoms with E-state index in [1.54, 1.807) is 12.2 Å². The molecule has 4 heteroatoms. The molecule has 0 radical (unpaired) electrons. The van der Waals surface area contributed by atoms with Gasteiger partial charge in [0.25, 0.3) is 0 Å². The van der Waals surface area contributed by atoms with Gasteiger partial charge in [0.1, 0.15) is 0 Å². The SMILES string of the molecule is CCCOC1(O)C=CC(/C=C/C(=O)O)C=C1. The molecule has 0 amide bonds. The minimum atomic E-state index is -1.34. The van der Waals surface area contributed by atoms with Gasteiger partial charge in [-0.05, 0) is 18.6 Å². The third-order valence-corrected chi connectivity index (χ3v) is 2.11. The van der Waals surface area contributed by atoms with Crippen LogP contribution in [-0.4, -0.2) is 28.6 Å². The van der Waals surface area contributed by atoms with Gasteiger partial charge < -0.3 is 14.9 Å². The van der Waals surface area contributed by atoms with Crippen LogP contribution in [0.4, 0.5) is 0 Å². The lowest BCUT2D eigenvalue weighted by Crippen LogP contribution is -2.29. The average Bonchev–Trinajstić information content (AvgIpc) is 2.26. The van der Waals surface area contributed by atoms with E-state index in [1.165, 1.54) is 18.2 Å². The fourth-order valence-electron chi connectivity index (χ4n) is 1.30. The molecule has 0 saturated carbocycles. The van der Waals surface area contributed by atoms with Crippen molar-refractivity contribution in [3.05, 3.63) is 36.5 Å². The number of carbonyl (C=O) groups is 1. The van der Waals surface area contributed by atoms with Gasteiger partial charge in [0.15, 0.2) is 0 Å². The van der Waals surface area contributed by atoms with E-state index in [0.717, 1.165) is 12.5 Å². The third kappa shape index (κ3) is 4.00. The Balaban J connectivity index is 2.54. The number of allylic oxidation sites excluding steroid dienone is 3. The second-order valence-electron chi connectivity index (χ2n) is 3.59. The lowest BCUT2D eigenvalue weighted by atomic mass is 9.99. The van der Waals surface area contributed by atoms with Crippen LogP contribution in [0.3, 0.4) is 0 Å². The molecule has 1 aliphatic rings. The highest BCUT2D eigenvalue weighted by molar-refractivity contribution is 5.79. The summed E-state index contributed by atoms with van der Waals surface area (Å²) in [5.74, 6) is -2.43. The highest BCUT2D eigenvalue weighted by atomic mass is 16.6. The van der Waals surface area contributed by atoms with E-state index < -0.39 is 11.8 Å². The van der Waals surface area contributed by atoms with E-state index in [9.17, 15) is 9.90 Å². The Bertz CT molecular complexity index is 314. The summed E-state index contributed by atoms with van der Waals surface area (Å²) >= 11 is 0. The molecule has 4 nitrogen and oxygen atoms in total. The summed E-state index contributed by atoms with van der Waals surface area (Å²) < 4.78 is 5.24. The van der Waals surface area contributed by atoms with Crippen LogP contribution in [0.15, 0.2) is 36.5 Å². The van der Waals surface area contributed by atoms with Crippen LogP contribution in [0, 0.1) is 5.92 Å². The molecule has 0 unspecified atom stereocenters. The topological polar surface area (TPSA) is 66.8 Å². The Morgan fingerprint density at radius 3 is 2.62 bits per heavy atom. The molecule has 0 saturated heterocycles. The molecule has 1 rings (SSSR count). The molecule has 1 aliphatic carbocycles. The first-order valence-corrected chi connectivity index (χ1v) is 5.22. The molecule has 0 atom stereocenters. The van der Waals surface area contributed by atoms with Gasteiger partial charge in [-0.15, -0.1) is 0 Å². The average molecular weight is 224 g/mol. The van der Waals surface area contributed by atoms with Crippen LogP contribution in [-0.2, 0) is 9.53 Å². The van der Waals surface area contributed by atoms with Crippen LogP contribution >= 0.6 is 0 Å². The zero-order valence-electron chi connectivity index (χ0n) is 9.17. The zero-order valence-corrected chi connectivity index (χ0v) is 9.17. The second kappa shape index (κ2) is 5.63. The maximum Gasteiger partial charge on any atom is 0.328 e. The van der Waals surface area contributed by atoms with E-state index in [-0.39, 0.29) is 5.92 Å². The maximum atomic E-state index is 10.3. The van der Waals surface area contributed by atoms with Gasteiger partial charge in [0.05, 0.1) is 6.61 Å². The van der Waals surface area contributed by atoms with Crippen molar-refractivity contribution >= 4 is 5.97 Å². The summed E-state index contributed by atoms with van der Waals surface area (Å²) in [6, 6.07) is 0. The monoisotopic (exact) mass is 224 g/mol. The summed E-state index contributed by atoms with van der Waals surface area (Å²) in [5, 5.41) is 18.3. The van der Waals surface area contributed by atoms with E-state index in [1.807, 2.05) is 6.92 Å². The van der Waals surface area contributed by atoms with Crippen molar-refractivity contribution in [3.63, 3.8) is 0 Å². The quantitative estimate of drug-likeness (QED) is 0.422. The first-order valence-electron chi connectivity index (χ1n) is 5.22. The highest BCUT2D eigenvalue weighted by Crippen LogP contribution is 2.20. The van der Waals surface area contributed by atoms with E-state index in [2.05, 4.69) is 0 Å². The zero-order chi connectivity index (χ0) is 12.0. The van der Waals surface area contributed by atoms with E-state index >= 15 is 0 Å². The highest BCUT2D eigenvalue weighted by Gasteiger charge is 2.23. The lowest BCUT2D eigenvalue weighted by molar-refractivity contribution is -0.131. The Morgan fingerprint density at radius 1 is 1.50 bits per heavy atom. The molecule has 0 aromatic heterocycles. The standard InChI is InChI=1S/C12H16O4/c1-2-9-16-12(15)7-5-10(6-8-12)3-4-11(13)14/h3-8,10,15H,2,9H2,1H3,(H,13,14)/b4-3+. The minimum Gasteiger partial charge on any atom is -0.478 e. The molecular weight excluding hydrogens is 208 g/mol. The van der Waals surface area contributed by atoms with Crippen LogP contribution in [0.2, 0.25) is 0 Å². The molecule has 0 spiro atoms. The number of aliphatic carboxylic acids is 1. The summed E-state index contributed by atoms with van der Waals surface area (Å²) in [4.78, 5) is 10.3. The van der Waals surface area contributed by atoms with Gasteiger partial charge in [-0.1, -0.05) is 25.2 Å². The van der Waals surface area contributed by atoms with Crippen LogP contribution in [0.1, 0.15) is 13.3 Å². The van der Waals surface area contributed by atoms with Crippen molar-refractivity contribution in [2.75, 3.05) is 6.61 Å². The van der Waals surface area contributed by atoms with Gasteiger partial charge in [-0.25, -0.2) is 4.79 Å². The molecule has 2 N–H and O–H groups in total. The molecule has 0 aromatic carbocycles. The Hall–Kier alpha value is -1.39. The number of rotatable bonds is 5. The number of carboxylic acid groups (broad SMARTS) is 1. The smallest absolute Gasteiger partial charge is 0.328 e. The van der Waals surface area contributed by atoms with Gasteiger partial charge in [-0.3, -0.25) is 0 Å².